The van der Waals surface area contributed by atoms with E-state index in [-0.39, 0.29) is 0 Å². The molecule has 0 aliphatic rings. The van der Waals surface area contributed by atoms with Crippen LogP contribution >= 0.6 is 22.7 Å². The van der Waals surface area contributed by atoms with Crippen LogP contribution in [0.4, 0.5) is 0 Å². The van der Waals surface area contributed by atoms with Crippen LogP contribution in [-0.2, 0) is 6.54 Å². The van der Waals surface area contributed by atoms with E-state index < -0.39 is 0 Å². The van der Waals surface area contributed by atoms with Gasteiger partial charge in [0.05, 0.1) is 6.54 Å². The van der Waals surface area contributed by atoms with Crippen LogP contribution in [0.15, 0.2) is 33.7 Å². The second kappa shape index (κ2) is 4.15. The van der Waals surface area contributed by atoms with Gasteiger partial charge in [0.2, 0.25) is 0 Å². The highest BCUT2D eigenvalue weighted by Crippen LogP contribution is 2.19. The molecule has 3 aromatic heterocycles. The molecule has 0 N–H and O–H groups in total. The number of nitrogens with zero attached hydrogens (tertiary/aromatic N) is 4. The molecule has 0 unspecified atom stereocenters. The maximum absolute atomic E-state index is 4.05. The second-order valence-electron chi connectivity index (χ2n) is 3.30. The van der Waals surface area contributed by atoms with Crippen molar-refractivity contribution in [2.45, 2.75) is 6.54 Å². The van der Waals surface area contributed by atoms with Gasteiger partial charge in [0, 0.05) is 10.9 Å². The Kier molecular flexibility index (Phi) is 2.51. The van der Waals surface area contributed by atoms with Gasteiger partial charge >= 0.3 is 0 Å². The summed E-state index contributed by atoms with van der Waals surface area (Å²) < 4.78 is 1.82. The Morgan fingerprint density at radius 3 is 2.75 bits per heavy atom. The van der Waals surface area contributed by atoms with Crippen LogP contribution in [0.5, 0.6) is 0 Å². The third kappa shape index (κ3) is 1.77. The third-order valence-electron chi connectivity index (χ3n) is 2.22. The highest BCUT2D eigenvalue weighted by molar-refractivity contribution is 7.08. The number of hydrogen-bond donors (Lipinski definition) is 0. The maximum Gasteiger partial charge on any atom is 0.183 e. The number of thiophene rings is 2. The van der Waals surface area contributed by atoms with Crippen molar-refractivity contribution in [2.24, 2.45) is 0 Å². The van der Waals surface area contributed by atoms with Crippen LogP contribution in [0.1, 0.15) is 5.56 Å². The van der Waals surface area contributed by atoms with Gasteiger partial charge in [-0.25, -0.2) is 4.68 Å². The van der Waals surface area contributed by atoms with Crippen LogP contribution in [0.3, 0.4) is 0 Å². The lowest BCUT2D eigenvalue weighted by molar-refractivity contribution is 0.654. The van der Waals surface area contributed by atoms with Gasteiger partial charge in [-0.05, 0) is 44.3 Å². The lowest BCUT2D eigenvalue weighted by Gasteiger charge is -2.00. The van der Waals surface area contributed by atoms with Crippen molar-refractivity contribution in [3.8, 4) is 11.4 Å². The zero-order valence-corrected chi connectivity index (χ0v) is 9.91. The molecule has 0 aromatic carbocycles. The van der Waals surface area contributed by atoms with E-state index in [2.05, 4.69) is 37.7 Å². The number of rotatable bonds is 3. The van der Waals surface area contributed by atoms with Crippen molar-refractivity contribution < 1.29 is 0 Å². The molecule has 0 amide bonds. The first-order valence-electron chi connectivity index (χ1n) is 4.73. The summed E-state index contributed by atoms with van der Waals surface area (Å²) in [5.74, 6) is 0.826. The molecule has 3 aromatic rings. The second-order valence-corrected chi connectivity index (χ2v) is 4.86. The minimum Gasteiger partial charge on any atom is -0.221 e. The standard InChI is InChI=1S/C10H8N4S2/c1-3-15-6-8(1)5-14-10(11-12-13-14)9-2-4-16-7-9/h1-4,6-7H,5H2. The van der Waals surface area contributed by atoms with Crippen molar-refractivity contribution in [1.82, 2.24) is 20.2 Å². The average molecular weight is 248 g/mol. The topological polar surface area (TPSA) is 43.6 Å². The van der Waals surface area contributed by atoms with Gasteiger partial charge in [-0.15, -0.1) is 5.10 Å². The summed E-state index contributed by atoms with van der Waals surface area (Å²) in [4.78, 5) is 0. The summed E-state index contributed by atoms with van der Waals surface area (Å²) in [6.45, 7) is 0.724. The summed E-state index contributed by atoms with van der Waals surface area (Å²) in [5, 5.41) is 20.0. The average Bonchev–Trinajstić information content (AvgIpc) is 2.98. The van der Waals surface area contributed by atoms with Gasteiger partial charge in [0.15, 0.2) is 5.82 Å². The lowest BCUT2D eigenvalue weighted by Crippen LogP contribution is -2.03. The molecule has 3 heterocycles. The van der Waals surface area contributed by atoms with Crippen molar-refractivity contribution in [3.05, 3.63) is 39.2 Å². The molecule has 0 spiro atoms. The molecule has 16 heavy (non-hydrogen) atoms. The zero-order chi connectivity index (χ0) is 10.8. The molecule has 0 bridgehead atoms. The summed E-state index contributed by atoms with van der Waals surface area (Å²) in [6.07, 6.45) is 0. The smallest absolute Gasteiger partial charge is 0.183 e. The Morgan fingerprint density at radius 1 is 1.12 bits per heavy atom. The van der Waals surface area contributed by atoms with E-state index in [4.69, 9.17) is 0 Å². The van der Waals surface area contributed by atoms with E-state index in [9.17, 15) is 0 Å². The Balaban J connectivity index is 1.94. The van der Waals surface area contributed by atoms with Gasteiger partial charge in [-0.2, -0.15) is 22.7 Å². The predicted octanol–water partition coefficient (Wildman–Crippen LogP) is 2.51. The summed E-state index contributed by atoms with van der Waals surface area (Å²) in [7, 11) is 0. The molecule has 0 aliphatic carbocycles. The Labute approximate surface area is 100 Å². The van der Waals surface area contributed by atoms with E-state index in [0.29, 0.717) is 0 Å². The number of tetrazole rings is 1. The minimum atomic E-state index is 0.724. The molecule has 0 saturated carbocycles. The fourth-order valence-corrected chi connectivity index (χ4v) is 2.76. The van der Waals surface area contributed by atoms with Crippen molar-refractivity contribution in [2.75, 3.05) is 0 Å². The van der Waals surface area contributed by atoms with Crippen LogP contribution in [-0.4, -0.2) is 20.2 Å². The van der Waals surface area contributed by atoms with Gasteiger partial charge in [0.1, 0.15) is 0 Å². The van der Waals surface area contributed by atoms with Gasteiger partial charge in [0.25, 0.3) is 0 Å². The third-order valence-corrected chi connectivity index (χ3v) is 3.64. The van der Waals surface area contributed by atoms with E-state index >= 15 is 0 Å². The molecule has 0 fully saturated rings. The van der Waals surface area contributed by atoms with Crippen molar-refractivity contribution in [3.63, 3.8) is 0 Å². The molecule has 0 saturated heterocycles. The van der Waals surface area contributed by atoms with Crippen LogP contribution in [0, 0.1) is 0 Å². The molecule has 3 rings (SSSR count). The SMILES string of the molecule is c1cc(Cn2nnnc2-c2ccsc2)cs1. The fourth-order valence-electron chi connectivity index (χ4n) is 1.47. The first kappa shape index (κ1) is 9.68. The van der Waals surface area contributed by atoms with Gasteiger partial charge in [-0.1, -0.05) is 0 Å². The van der Waals surface area contributed by atoms with E-state index in [1.807, 2.05) is 16.1 Å². The van der Waals surface area contributed by atoms with E-state index in [1.165, 1.54) is 5.56 Å². The van der Waals surface area contributed by atoms with Gasteiger partial charge in [-0.3, -0.25) is 0 Å². The van der Waals surface area contributed by atoms with Gasteiger partial charge < -0.3 is 0 Å². The quantitative estimate of drug-likeness (QED) is 0.715. The predicted molar refractivity (Wildman–Crippen MR) is 64.6 cm³/mol. The lowest BCUT2D eigenvalue weighted by atomic mass is 10.3. The van der Waals surface area contributed by atoms with E-state index in [1.54, 1.807) is 22.7 Å². The van der Waals surface area contributed by atoms with Crippen LogP contribution in [0.25, 0.3) is 11.4 Å². The molecule has 80 valence electrons. The molecule has 0 aliphatic heterocycles. The normalized spacial score (nSPS) is 10.8. The molecule has 0 atom stereocenters. The summed E-state index contributed by atoms with van der Waals surface area (Å²) in [6, 6.07) is 4.12. The fraction of sp³-hybridized carbons (Fsp3) is 0.100. The maximum atomic E-state index is 4.05. The molecule has 4 nitrogen and oxygen atoms in total. The molecular formula is C10H8N4S2. The van der Waals surface area contributed by atoms with Crippen LogP contribution in [0.2, 0.25) is 0 Å². The molecule has 0 radical (unpaired) electrons. The Bertz CT molecular complexity index is 553. The minimum absolute atomic E-state index is 0.724. The van der Waals surface area contributed by atoms with Crippen molar-refractivity contribution in [1.29, 1.82) is 0 Å². The van der Waals surface area contributed by atoms with Crippen molar-refractivity contribution >= 4 is 22.7 Å². The van der Waals surface area contributed by atoms with Crippen LogP contribution < -0.4 is 0 Å². The first-order chi connectivity index (χ1) is 7.93. The summed E-state index contributed by atoms with van der Waals surface area (Å²) >= 11 is 3.33. The van der Waals surface area contributed by atoms with E-state index in [0.717, 1.165) is 17.9 Å². The Morgan fingerprint density at radius 2 is 2.00 bits per heavy atom. The largest absolute Gasteiger partial charge is 0.221 e. The monoisotopic (exact) mass is 248 g/mol. The summed E-state index contributed by atoms with van der Waals surface area (Å²) in [5.41, 5.74) is 2.30. The first-order valence-corrected chi connectivity index (χ1v) is 6.62. The molecular weight excluding hydrogens is 240 g/mol. The zero-order valence-electron chi connectivity index (χ0n) is 8.28. The Hall–Kier alpha value is -1.53. The highest BCUT2D eigenvalue weighted by Gasteiger charge is 2.09. The molecule has 6 heteroatoms. The number of hydrogen-bond acceptors (Lipinski definition) is 5. The number of aromatic nitrogens is 4. The highest BCUT2D eigenvalue weighted by atomic mass is 32.1.